The molecule has 0 spiro atoms. The Morgan fingerprint density at radius 3 is 1.60 bits per heavy atom. The summed E-state index contributed by atoms with van der Waals surface area (Å²) in [5, 5.41) is 14.3. The van der Waals surface area contributed by atoms with E-state index >= 15 is 0 Å². The van der Waals surface area contributed by atoms with Gasteiger partial charge in [0.2, 0.25) is 5.69 Å². The molecular weight excluding hydrogens is 585 g/mol. The van der Waals surface area contributed by atoms with E-state index in [1.807, 2.05) is 42.5 Å². The van der Waals surface area contributed by atoms with Crippen molar-refractivity contribution in [3.8, 4) is 39.7 Å². The van der Waals surface area contributed by atoms with E-state index in [1.165, 1.54) is 10.8 Å². The predicted octanol–water partition coefficient (Wildman–Crippen LogP) is 11.6. The zero-order valence-electron chi connectivity index (χ0n) is 25.8. The molecule has 2 aromatic heterocycles. The molecule has 0 radical (unpaired) electrons. The number of hydrogen-bond acceptors (Lipinski definition) is 1. The molecule has 0 aliphatic heterocycles. The van der Waals surface area contributed by atoms with Crippen LogP contribution in [0.3, 0.4) is 0 Å². The minimum absolute atomic E-state index is 0.621. The molecule has 0 saturated carbocycles. The maximum absolute atomic E-state index is 9.95. The fourth-order valence-electron chi connectivity index (χ4n) is 7.36. The van der Waals surface area contributed by atoms with Crippen LogP contribution in [0.25, 0.3) is 82.1 Å². The number of hydrogen-bond donors (Lipinski definition) is 0. The van der Waals surface area contributed by atoms with Gasteiger partial charge in [0.25, 0.3) is 0 Å². The Hall–Kier alpha value is -6.88. The van der Waals surface area contributed by atoms with Gasteiger partial charge in [-0.05, 0) is 59.2 Å². The van der Waals surface area contributed by atoms with E-state index < -0.39 is 0 Å². The SMILES string of the molecule is [C-]#[N+]c1c(-c2ccc(-c3ccccc3-n3c4ccccc4c4c(C#N)cccc43)cc2)cccc1-n1c2ccccc2c2ccccc21. The third kappa shape index (κ3) is 4.01. The van der Waals surface area contributed by atoms with Crippen LogP contribution in [0.2, 0.25) is 0 Å². The summed E-state index contributed by atoms with van der Waals surface area (Å²) in [6.07, 6.45) is 0. The molecule has 222 valence electrons. The average molecular weight is 611 g/mol. The van der Waals surface area contributed by atoms with E-state index in [1.54, 1.807) is 0 Å². The zero-order valence-corrected chi connectivity index (χ0v) is 25.8. The Balaban J connectivity index is 1.19. The van der Waals surface area contributed by atoms with E-state index in [2.05, 4.69) is 135 Å². The Kier molecular flexibility index (Phi) is 6.22. The summed E-state index contributed by atoms with van der Waals surface area (Å²) in [5.74, 6) is 0. The van der Waals surface area contributed by atoms with Gasteiger partial charge in [0.1, 0.15) is 0 Å². The summed E-state index contributed by atoms with van der Waals surface area (Å²) >= 11 is 0. The van der Waals surface area contributed by atoms with Crippen LogP contribution in [0.15, 0.2) is 158 Å². The number of aromatic nitrogens is 2. The fourth-order valence-corrected chi connectivity index (χ4v) is 7.36. The van der Waals surface area contributed by atoms with Gasteiger partial charge >= 0.3 is 0 Å². The van der Waals surface area contributed by atoms with Crippen LogP contribution < -0.4 is 0 Å². The highest BCUT2D eigenvalue weighted by molar-refractivity contribution is 6.12. The molecule has 2 heterocycles. The van der Waals surface area contributed by atoms with Gasteiger partial charge in [-0.25, -0.2) is 4.85 Å². The normalized spacial score (nSPS) is 11.3. The first kappa shape index (κ1) is 27.4. The quantitative estimate of drug-likeness (QED) is 0.183. The molecule has 9 aromatic rings. The minimum atomic E-state index is 0.621. The van der Waals surface area contributed by atoms with Gasteiger partial charge in [0.05, 0.1) is 51.6 Å². The molecule has 0 unspecified atom stereocenters. The van der Waals surface area contributed by atoms with Crippen molar-refractivity contribution in [1.29, 1.82) is 5.26 Å². The van der Waals surface area contributed by atoms with E-state index in [0.717, 1.165) is 66.5 Å². The van der Waals surface area contributed by atoms with Crippen LogP contribution in [0.4, 0.5) is 5.69 Å². The van der Waals surface area contributed by atoms with Gasteiger partial charge in [-0.15, -0.1) is 0 Å². The maximum Gasteiger partial charge on any atom is 0.218 e. The number of nitriles is 1. The van der Waals surface area contributed by atoms with Crippen molar-refractivity contribution in [3.05, 3.63) is 175 Å². The molecule has 4 nitrogen and oxygen atoms in total. The third-order valence-corrected chi connectivity index (χ3v) is 9.42. The van der Waals surface area contributed by atoms with Gasteiger partial charge in [-0.3, -0.25) is 0 Å². The second kappa shape index (κ2) is 10.9. The molecule has 0 aliphatic rings. The summed E-state index contributed by atoms with van der Waals surface area (Å²) in [6, 6.07) is 56.4. The van der Waals surface area contributed by atoms with E-state index in [9.17, 15) is 5.26 Å². The second-order valence-corrected chi connectivity index (χ2v) is 11.9. The molecule has 0 saturated heterocycles. The van der Waals surface area contributed by atoms with Gasteiger partial charge in [-0.2, -0.15) is 5.26 Å². The Morgan fingerprint density at radius 1 is 0.458 bits per heavy atom. The first-order valence-electron chi connectivity index (χ1n) is 15.9. The average Bonchev–Trinajstić information content (AvgIpc) is 3.67. The molecule has 4 heteroatoms. The second-order valence-electron chi connectivity index (χ2n) is 11.9. The maximum atomic E-state index is 9.95. The van der Waals surface area contributed by atoms with Crippen molar-refractivity contribution in [2.45, 2.75) is 0 Å². The smallest absolute Gasteiger partial charge is 0.218 e. The highest BCUT2D eigenvalue weighted by Crippen LogP contribution is 2.42. The molecule has 0 fully saturated rings. The van der Waals surface area contributed by atoms with E-state index in [4.69, 9.17) is 6.57 Å². The van der Waals surface area contributed by atoms with Crippen molar-refractivity contribution >= 4 is 49.3 Å². The summed E-state index contributed by atoms with van der Waals surface area (Å²) in [6.45, 7) is 8.33. The van der Waals surface area contributed by atoms with Gasteiger partial charge in [0.15, 0.2) is 0 Å². The van der Waals surface area contributed by atoms with Gasteiger partial charge < -0.3 is 9.13 Å². The highest BCUT2D eigenvalue weighted by atomic mass is 15.0. The van der Waals surface area contributed by atoms with Crippen molar-refractivity contribution < 1.29 is 0 Å². The molecule has 7 aromatic carbocycles. The minimum Gasteiger partial charge on any atom is -0.319 e. The van der Waals surface area contributed by atoms with E-state index in [0.29, 0.717) is 11.3 Å². The Bertz CT molecular complexity index is 2750. The lowest BCUT2D eigenvalue weighted by atomic mass is 9.97. The largest absolute Gasteiger partial charge is 0.319 e. The number of para-hydroxylation sites is 5. The van der Waals surface area contributed by atoms with Crippen LogP contribution in [-0.2, 0) is 0 Å². The lowest BCUT2D eigenvalue weighted by Gasteiger charge is -2.16. The van der Waals surface area contributed by atoms with Gasteiger partial charge in [-0.1, -0.05) is 115 Å². The summed E-state index contributed by atoms with van der Waals surface area (Å²) < 4.78 is 4.48. The van der Waals surface area contributed by atoms with Crippen molar-refractivity contribution in [1.82, 2.24) is 9.13 Å². The number of nitrogens with zero attached hydrogens (tertiary/aromatic N) is 4. The van der Waals surface area contributed by atoms with Crippen LogP contribution in [0.5, 0.6) is 0 Å². The molecule has 0 atom stereocenters. The summed E-state index contributed by atoms with van der Waals surface area (Å²) in [7, 11) is 0. The molecular formula is C44H26N4. The van der Waals surface area contributed by atoms with Crippen LogP contribution in [0, 0.1) is 17.9 Å². The Labute approximate surface area is 277 Å². The molecule has 0 amide bonds. The zero-order chi connectivity index (χ0) is 32.2. The lowest BCUT2D eigenvalue weighted by molar-refractivity contribution is 1.18. The Morgan fingerprint density at radius 2 is 0.938 bits per heavy atom. The molecule has 0 aliphatic carbocycles. The summed E-state index contributed by atoms with van der Waals surface area (Å²) in [4.78, 5) is 4.12. The van der Waals surface area contributed by atoms with Crippen molar-refractivity contribution in [3.63, 3.8) is 0 Å². The first-order chi connectivity index (χ1) is 23.8. The third-order valence-electron chi connectivity index (χ3n) is 9.42. The molecule has 48 heavy (non-hydrogen) atoms. The standard InChI is InChI=1S/C44H26N4/c1-46-44-33(17-11-23-42(44)48-38-19-7-3-14-34(38)35-15-4-8-20-39(35)48)30-26-24-29(25-27-30)32-13-2-6-18-37(32)47-40-21-9-5-16-36(40)43-31(28-45)12-10-22-41(43)47/h2-27H. The topological polar surface area (TPSA) is 38.0 Å². The predicted molar refractivity (Wildman–Crippen MR) is 197 cm³/mol. The van der Waals surface area contributed by atoms with Crippen LogP contribution >= 0.6 is 0 Å². The highest BCUT2D eigenvalue weighted by Gasteiger charge is 2.19. The lowest BCUT2D eigenvalue weighted by Crippen LogP contribution is -1.97. The number of benzene rings is 7. The molecule has 9 rings (SSSR count). The van der Waals surface area contributed by atoms with Crippen molar-refractivity contribution in [2.75, 3.05) is 0 Å². The number of fused-ring (bicyclic) bond motifs is 6. The van der Waals surface area contributed by atoms with Crippen LogP contribution in [0.1, 0.15) is 5.56 Å². The molecule has 0 bridgehead atoms. The van der Waals surface area contributed by atoms with Crippen molar-refractivity contribution in [2.24, 2.45) is 0 Å². The molecule has 0 N–H and O–H groups in total. The first-order valence-corrected chi connectivity index (χ1v) is 15.9. The summed E-state index contributed by atoms with van der Waals surface area (Å²) in [5.41, 5.74) is 11.5. The monoisotopic (exact) mass is 610 g/mol. The van der Waals surface area contributed by atoms with E-state index in [-0.39, 0.29) is 0 Å². The number of rotatable bonds is 4. The fraction of sp³-hybridized carbons (Fsp3) is 0. The van der Waals surface area contributed by atoms with Crippen LogP contribution in [-0.4, -0.2) is 9.13 Å². The van der Waals surface area contributed by atoms with Gasteiger partial charge in [0, 0.05) is 27.1 Å².